The van der Waals surface area contributed by atoms with E-state index in [9.17, 15) is 4.79 Å². The fraction of sp³-hybridized carbons (Fsp3) is 0.111. The third-order valence-electron chi connectivity index (χ3n) is 3.46. The van der Waals surface area contributed by atoms with Gasteiger partial charge in [0.2, 0.25) is 0 Å². The average molecular weight is 438 g/mol. The van der Waals surface area contributed by atoms with Crippen LogP contribution in [0.25, 0.3) is 0 Å². The normalized spacial score (nSPS) is 10.5. The van der Waals surface area contributed by atoms with Gasteiger partial charge in [0, 0.05) is 27.0 Å². The highest BCUT2D eigenvalue weighted by Crippen LogP contribution is 2.26. The number of aromatic nitrogens is 1. The largest absolute Gasteiger partial charge is 0.497 e. The van der Waals surface area contributed by atoms with Gasteiger partial charge in [0.1, 0.15) is 5.75 Å². The molecule has 0 aliphatic heterocycles. The quantitative estimate of drug-likeness (QED) is 0.580. The van der Waals surface area contributed by atoms with Gasteiger partial charge in [-0.2, -0.15) is 0 Å². The Morgan fingerprint density at radius 3 is 2.92 bits per heavy atom. The van der Waals surface area contributed by atoms with E-state index in [0.29, 0.717) is 25.9 Å². The molecule has 0 radical (unpaired) electrons. The number of anilines is 1. The molecule has 25 heavy (non-hydrogen) atoms. The van der Waals surface area contributed by atoms with Gasteiger partial charge in [-0.05, 0) is 51.8 Å². The summed E-state index contributed by atoms with van der Waals surface area (Å²) in [5.74, 6) is 0.378. The minimum Gasteiger partial charge on any atom is -0.497 e. The van der Waals surface area contributed by atoms with Crippen LogP contribution in [0.15, 0.2) is 53.1 Å². The number of ether oxygens (including phenoxy) is 1. The number of benzene rings is 2. The van der Waals surface area contributed by atoms with Gasteiger partial charge in [0.15, 0.2) is 5.13 Å². The van der Waals surface area contributed by atoms with E-state index in [4.69, 9.17) is 16.3 Å². The third kappa shape index (κ3) is 4.60. The third-order valence-corrected chi connectivity index (χ3v) is 5.30. The van der Waals surface area contributed by atoms with Crippen molar-refractivity contribution in [2.75, 3.05) is 12.4 Å². The Hall–Kier alpha value is -1.89. The zero-order chi connectivity index (χ0) is 17.8. The second-order valence-electron chi connectivity index (χ2n) is 5.24. The molecule has 128 valence electrons. The number of carbonyl (C=O) groups excluding carboxylic acids is 1. The first kappa shape index (κ1) is 17.9. The van der Waals surface area contributed by atoms with Gasteiger partial charge in [0.05, 0.1) is 12.7 Å². The Kier molecular flexibility index (Phi) is 5.73. The summed E-state index contributed by atoms with van der Waals surface area (Å²) in [6.45, 7) is 0. The highest BCUT2D eigenvalue weighted by Gasteiger charge is 2.14. The van der Waals surface area contributed by atoms with Crippen LogP contribution >= 0.6 is 38.9 Å². The van der Waals surface area contributed by atoms with Gasteiger partial charge >= 0.3 is 0 Å². The number of methoxy groups -OCH3 is 1. The molecule has 3 aromatic rings. The Morgan fingerprint density at radius 1 is 1.32 bits per heavy atom. The second kappa shape index (κ2) is 7.99. The molecule has 7 heteroatoms. The first-order valence-corrected chi connectivity index (χ1v) is 9.38. The average Bonchev–Trinajstić information content (AvgIpc) is 3.02. The molecule has 1 aromatic heterocycles. The lowest BCUT2D eigenvalue weighted by Gasteiger charge is -2.06. The van der Waals surface area contributed by atoms with Crippen LogP contribution in [0.3, 0.4) is 0 Å². The van der Waals surface area contributed by atoms with Crippen LogP contribution in [0.4, 0.5) is 5.13 Å². The lowest BCUT2D eigenvalue weighted by atomic mass is 10.1. The molecule has 0 fully saturated rings. The molecule has 1 amide bonds. The van der Waals surface area contributed by atoms with Gasteiger partial charge < -0.3 is 4.74 Å². The number of thiazole rings is 1. The number of amides is 1. The summed E-state index contributed by atoms with van der Waals surface area (Å²) in [5.41, 5.74) is 1.59. The molecular weight excluding hydrogens is 424 g/mol. The van der Waals surface area contributed by atoms with E-state index in [2.05, 4.69) is 26.2 Å². The number of nitrogens with zero attached hydrogens (tertiary/aromatic N) is 1. The zero-order valence-corrected chi connectivity index (χ0v) is 16.4. The summed E-state index contributed by atoms with van der Waals surface area (Å²) < 4.78 is 5.86. The van der Waals surface area contributed by atoms with Crippen molar-refractivity contribution in [2.24, 2.45) is 0 Å². The summed E-state index contributed by atoms with van der Waals surface area (Å²) in [6, 6.07) is 12.9. The monoisotopic (exact) mass is 436 g/mol. The lowest BCUT2D eigenvalue weighted by molar-refractivity contribution is 0.102. The smallest absolute Gasteiger partial charge is 0.258 e. The number of hydrogen-bond acceptors (Lipinski definition) is 4. The van der Waals surface area contributed by atoms with Crippen molar-refractivity contribution in [1.82, 2.24) is 4.98 Å². The van der Waals surface area contributed by atoms with Gasteiger partial charge in [-0.25, -0.2) is 4.98 Å². The molecule has 2 aromatic carbocycles. The molecular formula is C18H14BrClN2O2S. The minimum atomic E-state index is -0.241. The fourth-order valence-corrected chi connectivity index (χ4v) is 3.75. The van der Waals surface area contributed by atoms with Crippen LogP contribution in [-0.2, 0) is 6.42 Å². The molecule has 0 aliphatic carbocycles. The van der Waals surface area contributed by atoms with E-state index in [1.807, 2.05) is 24.3 Å². The van der Waals surface area contributed by atoms with Crippen molar-refractivity contribution in [3.8, 4) is 5.75 Å². The van der Waals surface area contributed by atoms with Crippen molar-refractivity contribution < 1.29 is 9.53 Å². The summed E-state index contributed by atoms with van der Waals surface area (Å²) in [6.07, 6.45) is 2.48. The summed E-state index contributed by atoms with van der Waals surface area (Å²) in [4.78, 5) is 17.8. The van der Waals surface area contributed by atoms with E-state index in [1.54, 1.807) is 31.5 Å². The molecule has 0 saturated carbocycles. The maximum Gasteiger partial charge on any atom is 0.258 e. The van der Waals surface area contributed by atoms with Crippen molar-refractivity contribution >= 4 is 49.9 Å². The fourth-order valence-electron chi connectivity index (χ4n) is 2.26. The number of rotatable bonds is 5. The highest BCUT2D eigenvalue weighted by atomic mass is 79.9. The lowest BCUT2D eigenvalue weighted by Crippen LogP contribution is -2.12. The molecule has 3 rings (SSSR count). The molecule has 0 spiro atoms. The summed E-state index contributed by atoms with van der Waals surface area (Å²) in [5, 5.41) is 4.08. The first-order chi connectivity index (χ1) is 12.0. The topological polar surface area (TPSA) is 51.2 Å². The first-order valence-electron chi connectivity index (χ1n) is 7.39. The van der Waals surface area contributed by atoms with E-state index in [-0.39, 0.29) is 5.91 Å². The molecule has 1 heterocycles. The standard InChI is InChI=1S/C18H14BrClN2O2S/c1-24-13-5-6-16(19)15(9-13)17(23)22-18-21-10-14(25-18)8-11-3-2-4-12(20)7-11/h2-7,9-10H,8H2,1H3,(H,21,22,23). The predicted octanol–water partition coefficient (Wildman–Crippen LogP) is 5.41. The maximum atomic E-state index is 12.5. The highest BCUT2D eigenvalue weighted by molar-refractivity contribution is 9.10. The maximum absolute atomic E-state index is 12.5. The van der Waals surface area contributed by atoms with Crippen molar-refractivity contribution in [3.63, 3.8) is 0 Å². The molecule has 0 atom stereocenters. The van der Waals surface area contributed by atoms with Crippen LogP contribution < -0.4 is 10.1 Å². The molecule has 0 bridgehead atoms. The zero-order valence-electron chi connectivity index (χ0n) is 13.3. The van der Waals surface area contributed by atoms with Crippen molar-refractivity contribution in [3.05, 3.63) is 74.2 Å². The Balaban J connectivity index is 1.72. The summed E-state index contributed by atoms with van der Waals surface area (Å²) in [7, 11) is 1.56. The van der Waals surface area contributed by atoms with Crippen LogP contribution in [0, 0.1) is 0 Å². The van der Waals surface area contributed by atoms with Gasteiger partial charge in [-0.1, -0.05) is 23.7 Å². The van der Waals surface area contributed by atoms with Crippen LogP contribution in [0.1, 0.15) is 20.8 Å². The Labute approximate surface area is 162 Å². The molecule has 4 nitrogen and oxygen atoms in total. The SMILES string of the molecule is COc1ccc(Br)c(C(=O)Nc2ncc(Cc3cccc(Cl)c3)s2)c1. The van der Waals surface area contributed by atoms with Crippen LogP contribution in [0.5, 0.6) is 5.75 Å². The molecule has 0 unspecified atom stereocenters. The van der Waals surface area contributed by atoms with Gasteiger partial charge in [-0.15, -0.1) is 11.3 Å². The van der Waals surface area contributed by atoms with Crippen molar-refractivity contribution in [1.29, 1.82) is 0 Å². The summed E-state index contributed by atoms with van der Waals surface area (Å²) >= 11 is 10.8. The number of nitrogens with one attached hydrogen (secondary N) is 1. The second-order valence-corrected chi connectivity index (χ2v) is 7.64. The van der Waals surface area contributed by atoms with E-state index in [0.717, 1.165) is 16.9 Å². The number of hydrogen-bond donors (Lipinski definition) is 1. The number of carbonyl (C=O) groups is 1. The predicted molar refractivity (Wildman–Crippen MR) is 105 cm³/mol. The Bertz CT molecular complexity index is 914. The molecule has 1 N–H and O–H groups in total. The minimum absolute atomic E-state index is 0.241. The van der Waals surface area contributed by atoms with Gasteiger partial charge in [0.25, 0.3) is 5.91 Å². The van der Waals surface area contributed by atoms with Crippen LogP contribution in [-0.4, -0.2) is 18.0 Å². The van der Waals surface area contributed by atoms with Gasteiger partial charge in [-0.3, -0.25) is 10.1 Å². The molecule has 0 saturated heterocycles. The van der Waals surface area contributed by atoms with Crippen molar-refractivity contribution in [2.45, 2.75) is 6.42 Å². The van der Waals surface area contributed by atoms with E-state index < -0.39 is 0 Å². The molecule has 0 aliphatic rings. The van der Waals surface area contributed by atoms with E-state index in [1.165, 1.54) is 11.3 Å². The van der Waals surface area contributed by atoms with E-state index >= 15 is 0 Å². The number of halogens is 2. The van der Waals surface area contributed by atoms with Crippen LogP contribution in [0.2, 0.25) is 5.02 Å². The Morgan fingerprint density at radius 2 is 2.16 bits per heavy atom.